The van der Waals surface area contributed by atoms with Crippen molar-refractivity contribution in [2.45, 2.75) is 50.5 Å². The zero-order chi connectivity index (χ0) is 21.1. The maximum Gasteiger partial charge on any atom is 0.245 e. The van der Waals surface area contributed by atoms with Gasteiger partial charge in [0.1, 0.15) is 6.04 Å². The molecule has 0 aliphatic carbocycles. The highest BCUT2D eigenvalue weighted by Crippen LogP contribution is 2.47. The van der Waals surface area contributed by atoms with Gasteiger partial charge in [-0.15, -0.1) is 0 Å². The summed E-state index contributed by atoms with van der Waals surface area (Å²) in [7, 11) is 0. The normalized spacial score (nSPS) is 23.3. The summed E-state index contributed by atoms with van der Waals surface area (Å²) in [5.41, 5.74) is 3.19. The van der Waals surface area contributed by atoms with Crippen LogP contribution >= 0.6 is 0 Å². The molecule has 2 aromatic rings. The van der Waals surface area contributed by atoms with Crippen molar-refractivity contribution in [2.24, 2.45) is 0 Å². The number of nitrogens with one attached hydrogen (secondary N) is 1. The van der Waals surface area contributed by atoms with Crippen LogP contribution in [0.15, 0.2) is 72.9 Å². The third-order valence-electron chi connectivity index (χ3n) is 6.53. The summed E-state index contributed by atoms with van der Waals surface area (Å²) in [6.07, 6.45) is 1.39. The van der Waals surface area contributed by atoms with Gasteiger partial charge in [-0.2, -0.15) is 0 Å². The molecule has 5 heteroatoms. The van der Waals surface area contributed by atoms with Crippen molar-refractivity contribution in [1.29, 1.82) is 0 Å². The predicted octanol–water partition coefficient (Wildman–Crippen LogP) is 2.92. The number of carbonyl (C=O) groups is 1. The number of aliphatic hydroxyl groups excluding tert-OH is 1. The first-order chi connectivity index (χ1) is 14.5. The van der Waals surface area contributed by atoms with Crippen molar-refractivity contribution in [3.05, 3.63) is 84.1 Å². The third-order valence-corrected chi connectivity index (χ3v) is 6.53. The molecule has 2 saturated heterocycles. The van der Waals surface area contributed by atoms with Crippen LogP contribution in [0.4, 0.5) is 0 Å². The summed E-state index contributed by atoms with van der Waals surface area (Å²) in [6.45, 7) is 9.14. The smallest absolute Gasteiger partial charge is 0.245 e. The van der Waals surface area contributed by atoms with Crippen LogP contribution in [0.3, 0.4) is 0 Å². The number of hydrogen-bond acceptors (Lipinski definition) is 4. The lowest BCUT2D eigenvalue weighted by atomic mass is 9.80. The van der Waals surface area contributed by atoms with Crippen molar-refractivity contribution >= 4 is 5.91 Å². The van der Waals surface area contributed by atoms with Crippen LogP contribution in [0.5, 0.6) is 0 Å². The quantitative estimate of drug-likeness (QED) is 0.744. The molecule has 1 spiro atoms. The Labute approximate surface area is 179 Å². The molecular weight excluding hydrogens is 374 g/mol. The van der Waals surface area contributed by atoms with Gasteiger partial charge in [0.05, 0.1) is 11.6 Å². The van der Waals surface area contributed by atoms with E-state index in [-0.39, 0.29) is 11.4 Å². The molecule has 4 rings (SSSR count). The number of amides is 1. The molecule has 1 unspecified atom stereocenters. The molecule has 2 aliphatic rings. The van der Waals surface area contributed by atoms with Gasteiger partial charge in [0, 0.05) is 25.3 Å². The van der Waals surface area contributed by atoms with E-state index in [1.54, 1.807) is 6.92 Å². The van der Waals surface area contributed by atoms with Crippen LogP contribution in [0.25, 0.3) is 0 Å². The summed E-state index contributed by atoms with van der Waals surface area (Å²) >= 11 is 0. The fourth-order valence-electron chi connectivity index (χ4n) is 4.90. The zero-order valence-corrected chi connectivity index (χ0v) is 17.6. The van der Waals surface area contributed by atoms with Gasteiger partial charge in [-0.25, -0.2) is 0 Å². The van der Waals surface area contributed by atoms with Gasteiger partial charge < -0.3 is 15.3 Å². The lowest BCUT2D eigenvalue weighted by Gasteiger charge is -2.58. The zero-order valence-electron chi connectivity index (χ0n) is 17.6. The Bertz CT molecular complexity index is 884. The standard InChI is InChI=1S/C25H31N3O2/c1-19(29)23(24(30)26-16-21-10-5-3-6-11-21)28-18-25(20(28)2)14-9-15-27(25)17-22-12-7-4-8-13-22/h3-8,10-13,19,23,29H,2,9,14-18H2,1H3,(H,26,30)/t19-,23+,25?/m1/s1. The minimum absolute atomic E-state index is 0.0946. The molecule has 0 saturated carbocycles. The Morgan fingerprint density at radius 1 is 1.13 bits per heavy atom. The molecule has 5 nitrogen and oxygen atoms in total. The number of hydrogen-bond donors (Lipinski definition) is 2. The monoisotopic (exact) mass is 405 g/mol. The first-order valence-electron chi connectivity index (χ1n) is 10.8. The molecular formula is C25H31N3O2. The van der Waals surface area contributed by atoms with Crippen molar-refractivity contribution in [3.8, 4) is 0 Å². The van der Waals surface area contributed by atoms with Crippen LogP contribution in [0, 0.1) is 0 Å². The summed E-state index contributed by atoms with van der Waals surface area (Å²) < 4.78 is 0. The Morgan fingerprint density at radius 2 is 1.77 bits per heavy atom. The number of carbonyl (C=O) groups excluding carboxylic acids is 1. The molecule has 158 valence electrons. The second-order valence-corrected chi connectivity index (χ2v) is 8.51. The lowest BCUT2D eigenvalue weighted by molar-refractivity contribution is -0.134. The van der Waals surface area contributed by atoms with Gasteiger partial charge in [0.25, 0.3) is 0 Å². The van der Waals surface area contributed by atoms with E-state index < -0.39 is 12.1 Å². The van der Waals surface area contributed by atoms with E-state index in [1.807, 2.05) is 41.3 Å². The molecule has 1 amide bonds. The summed E-state index contributed by atoms with van der Waals surface area (Å²) in [6, 6.07) is 19.7. The highest BCUT2D eigenvalue weighted by Gasteiger charge is 2.56. The molecule has 2 aromatic carbocycles. The van der Waals surface area contributed by atoms with E-state index in [1.165, 1.54) is 5.56 Å². The second kappa shape index (κ2) is 8.62. The average Bonchev–Trinajstić information content (AvgIpc) is 3.18. The first-order valence-corrected chi connectivity index (χ1v) is 10.8. The SMILES string of the molecule is C=C1N([C@H](C(=O)NCc2ccccc2)[C@@H](C)O)CC12CCCN2Cc1ccccc1. The van der Waals surface area contributed by atoms with Crippen molar-refractivity contribution < 1.29 is 9.90 Å². The van der Waals surface area contributed by atoms with Gasteiger partial charge in [0.15, 0.2) is 0 Å². The molecule has 0 radical (unpaired) electrons. The number of likely N-dealkylation sites (tertiary alicyclic amines) is 2. The molecule has 3 atom stereocenters. The predicted molar refractivity (Wildman–Crippen MR) is 118 cm³/mol. The van der Waals surface area contributed by atoms with Crippen molar-refractivity contribution in [3.63, 3.8) is 0 Å². The van der Waals surface area contributed by atoms with Crippen molar-refractivity contribution in [2.75, 3.05) is 13.1 Å². The maximum absolute atomic E-state index is 12.9. The van der Waals surface area contributed by atoms with Gasteiger partial charge in [-0.3, -0.25) is 9.69 Å². The van der Waals surface area contributed by atoms with E-state index in [9.17, 15) is 9.90 Å². The average molecular weight is 406 g/mol. The molecule has 0 bridgehead atoms. The van der Waals surface area contributed by atoms with Crippen LogP contribution in [-0.4, -0.2) is 51.6 Å². The molecule has 2 aliphatic heterocycles. The van der Waals surface area contributed by atoms with Crippen molar-refractivity contribution in [1.82, 2.24) is 15.1 Å². The Hall–Kier alpha value is -2.63. The van der Waals surface area contributed by atoms with Crippen LogP contribution in [0.1, 0.15) is 30.9 Å². The van der Waals surface area contributed by atoms with Crippen LogP contribution in [-0.2, 0) is 17.9 Å². The van der Waals surface area contributed by atoms with Gasteiger partial charge in [-0.1, -0.05) is 67.2 Å². The highest BCUT2D eigenvalue weighted by molar-refractivity contribution is 5.83. The topological polar surface area (TPSA) is 55.8 Å². The third kappa shape index (κ3) is 3.87. The van der Waals surface area contributed by atoms with E-state index >= 15 is 0 Å². The summed E-state index contributed by atoms with van der Waals surface area (Å²) in [5.74, 6) is -0.155. The number of aliphatic hydroxyl groups is 1. The van der Waals surface area contributed by atoms with Crippen LogP contribution in [0.2, 0.25) is 0 Å². The van der Waals surface area contributed by atoms with E-state index in [2.05, 4.69) is 41.1 Å². The van der Waals surface area contributed by atoms with E-state index in [0.29, 0.717) is 6.54 Å². The van der Waals surface area contributed by atoms with Crippen LogP contribution < -0.4 is 5.32 Å². The molecule has 30 heavy (non-hydrogen) atoms. The minimum atomic E-state index is -0.779. The van der Waals surface area contributed by atoms with E-state index in [4.69, 9.17) is 0 Å². The minimum Gasteiger partial charge on any atom is -0.391 e. The Morgan fingerprint density at radius 3 is 2.37 bits per heavy atom. The summed E-state index contributed by atoms with van der Waals surface area (Å²) in [5, 5.41) is 13.4. The Kier molecular flexibility index (Phi) is 5.93. The molecule has 2 N–H and O–H groups in total. The van der Waals surface area contributed by atoms with Gasteiger partial charge in [0.2, 0.25) is 5.91 Å². The first kappa shape index (κ1) is 20.6. The second-order valence-electron chi connectivity index (χ2n) is 8.51. The molecule has 2 heterocycles. The highest BCUT2D eigenvalue weighted by atomic mass is 16.3. The van der Waals surface area contributed by atoms with Gasteiger partial charge in [-0.05, 0) is 37.4 Å². The lowest BCUT2D eigenvalue weighted by Crippen LogP contribution is -2.70. The fraction of sp³-hybridized carbons (Fsp3) is 0.400. The largest absolute Gasteiger partial charge is 0.391 e. The van der Waals surface area contributed by atoms with E-state index in [0.717, 1.165) is 43.7 Å². The number of benzene rings is 2. The summed E-state index contributed by atoms with van der Waals surface area (Å²) in [4.78, 5) is 17.4. The Balaban J connectivity index is 1.43. The number of nitrogens with zero attached hydrogens (tertiary/aromatic N) is 2. The van der Waals surface area contributed by atoms with Gasteiger partial charge >= 0.3 is 0 Å². The fourth-order valence-corrected chi connectivity index (χ4v) is 4.90. The maximum atomic E-state index is 12.9. The number of rotatable bonds is 7. The molecule has 2 fully saturated rings. The molecule has 0 aromatic heterocycles.